The van der Waals surface area contributed by atoms with Gasteiger partial charge in [-0.1, -0.05) is 25.7 Å². The fourth-order valence-corrected chi connectivity index (χ4v) is 4.53. The van der Waals surface area contributed by atoms with Crippen molar-refractivity contribution in [2.24, 2.45) is 0 Å². The molecule has 2 aliphatic carbocycles. The molecule has 0 bridgehead atoms. The zero-order chi connectivity index (χ0) is 19.4. The standard InChI is InChI=1S/C13H10.C9H11.C5H5.2ClH.Hf/c1-3-7-12(8-4-1)11-13-9-5-2-6-10-13;1-2-5-9-7-3-6-8(9)4-1;1-2-4-5-3-1;;;/h1-10H;3,6-7H,1-2,4-5H2;1-3H,4H2;2*1H;/q;2*-1;;;+2. The van der Waals surface area contributed by atoms with Crippen molar-refractivity contribution in [2.45, 2.75) is 32.1 Å². The molecule has 30 heavy (non-hydrogen) atoms. The molecule has 0 saturated carbocycles. The van der Waals surface area contributed by atoms with Gasteiger partial charge < -0.3 is 0 Å². The maximum atomic E-state index is 2.99. The number of allylic oxidation sites excluding steroid dienone is 4. The Labute approximate surface area is 208 Å². The Balaban J connectivity index is 0.000000242. The Morgan fingerprint density at radius 1 is 0.800 bits per heavy atom. The second-order valence-electron chi connectivity index (χ2n) is 6.89. The molecule has 0 fully saturated rings. The van der Waals surface area contributed by atoms with Crippen molar-refractivity contribution < 1.29 is 23.9 Å². The first-order valence-corrected chi connectivity index (χ1v) is 11.8. The summed E-state index contributed by atoms with van der Waals surface area (Å²) in [6.45, 7) is 0. The normalized spacial score (nSPS) is 12.7. The third-order valence-corrected chi connectivity index (χ3v) is 6.93. The van der Waals surface area contributed by atoms with E-state index in [2.05, 4.69) is 91.0 Å². The Morgan fingerprint density at radius 2 is 1.40 bits per heavy atom. The average Bonchev–Trinajstić information content (AvgIpc) is 3.50. The molecule has 0 aromatic heterocycles. The Kier molecular flexibility index (Phi) is 13.7. The van der Waals surface area contributed by atoms with E-state index in [1.54, 1.807) is 11.1 Å². The van der Waals surface area contributed by atoms with E-state index < -0.39 is 0 Å². The molecule has 0 N–H and O–H groups in total. The van der Waals surface area contributed by atoms with Crippen molar-refractivity contribution in [3.63, 3.8) is 0 Å². The van der Waals surface area contributed by atoms with Gasteiger partial charge in [0.1, 0.15) is 0 Å². The number of rotatable bonds is 2. The first-order valence-electron chi connectivity index (χ1n) is 9.99. The van der Waals surface area contributed by atoms with Crippen molar-refractivity contribution in [3.05, 3.63) is 125 Å². The molecule has 5 rings (SSSR count). The van der Waals surface area contributed by atoms with Crippen molar-refractivity contribution in [1.29, 1.82) is 0 Å². The summed E-state index contributed by atoms with van der Waals surface area (Å²) in [5, 5.41) is 0. The smallest absolute Gasteiger partial charge is 0.0512 e. The molecule has 0 heterocycles. The third-order valence-electron chi connectivity index (χ3n) is 4.86. The molecule has 0 aliphatic heterocycles. The molecule has 3 aromatic carbocycles. The summed E-state index contributed by atoms with van der Waals surface area (Å²) in [5.74, 6) is 0. The van der Waals surface area contributed by atoms with Gasteiger partial charge in [-0.2, -0.15) is 29.3 Å². The molecular formula is C27H28Cl2Hf. The van der Waals surface area contributed by atoms with Crippen molar-refractivity contribution in [3.8, 4) is 0 Å². The van der Waals surface area contributed by atoms with Crippen LogP contribution in [-0.2, 0) is 36.7 Å². The van der Waals surface area contributed by atoms with E-state index >= 15 is 0 Å². The van der Waals surface area contributed by atoms with Crippen molar-refractivity contribution in [1.82, 2.24) is 0 Å². The van der Waals surface area contributed by atoms with Gasteiger partial charge in [-0.15, -0.1) is 31.2 Å². The molecule has 3 heteroatoms. The minimum Gasteiger partial charge on any atom is -0.210 e. The summed E-state index contributed by atoms with van der Waals surface area (Å²) in [4.78, 5) is 0. The van der Waals surface area contributed by atoms with Gasteiger partial charge in [-0.05, 0) is 0 Å². The molecule has 0 amide bonds. The second-order valence-corrected chi connectivity index (χ2v) is 8.69. The van der Waals surface area contributed by atoms with Crippen molar-refractivity contribution in [2.75, 3.05) is 0 Å². The molecule has 0 unspecified atom stereocenters. The quantitative estimate of drug-likeness (QED) is 0.215. The maximum absolute atomic E-state index is 2.99. The molecule has 0 atom stereocenters. The number of hydrogen-bond acceptors (Lipinski definition) is 0. The Hall–Kier alpha value is -1.41. The topological polar surface area (TPSA) is 0 Å². The van der Waals surface area contributed by atoms with Crippen LogP contribution in [-0.4, -0.2) is 3.26 Å². The fourth-order valence-electron chi connectivity index (χ4n) is 3.33. The average molecular weight is 602 g/mol. The van der Waals surface area contributed by atoms with E-state index in [9.17, 15) is 0 Å². The number of hydrogen-bond donors (Lipinski definition) is 0. The van der Waals surface area contributed by atoms with Gasteiger partial charge in [0.05, 0.1) is 0 Å². The van der Waals surface area contributed by atoms with E-state index in [-0.39, 0.29) is 24.8 Å². The third kappa shape index (κ3) is 8.76. The first kappa shape index (κ1) is 26.6. The van der Waals surface area contributed by atoms with Crippen LogP contribution in [0.5, 0.6) is 0 Å². The molecule has 154 valence electrons. The van der Waals surface area contributed by atoms with Crippen LogP contribution in [0.3, 0.4) is 0 Å². The predicted octanol–water partition coefficient (Wildman–Crippen LogP) is 7.24. The number of fused-ring (bicyclic) bond motifs is 1. The van der Waals surface area contributed by atoms with Gasteiger partial charge in [0.25, 0.3) is 0 Å². The van der Waals surface area contributed by atoms with Crippen LogP contribution >= 0.6 is 24.8 Å². The van der Waals surface area contributed by atoms with Crippen LogP contribution in [0.4, 0.5) is 0 Å². The summed E-state index contributed by atoms with van der Waals surface area (Å²) in [5.41, 5.74) is 5.90. The van der Waals surface area contributed by atoms with Gasteiger partial charge in [-0.25, -0.2) is 18.2 Å². The SMILES string of the molecule is Cl.Cl.[C-]1=CC=CC1.[Hf+2]=[C](c1ccccc1)c1ccccc1.c1cc2c([cH-]1)CCCC2. The fraction of sp³-hybridized carbons (Fsp3) is 0.185. The van der Waals surface area contributed by atoms with Crippen molar-refractivity contribution >= 4 is 28.1 Å². The first-order chi connectivity index (χ1) is 13.8. The van der Waals surface area contributed by atoms with Gasteiger partial charge in [0.15, 0.2) is 0 Å². The molecule has 3 aromatic rings. The van der Waals surface area contributed by atoms with Gasteiger partial charge in [0, 0.05) is 0 Å². The Bertz CT molecular complexity index is 836. The molecule has 2 aliphatic rings. The minimum atomic E-state index is 0. The van der Waals surface area contributed by atoms with E-state index in [0.717, 1.165) is 30.3 Å². The molecule has 0 radical (unpaired) electrons. The van der Waals surface area contributed by atoms with Gasteiger partial charge >= 0.3 is 98.9 Å². The zero-order valence-corrected chi connectivity index (χ0v) is 22.3. The zero-order valence-electron chi connectivity index (χ0n) is 17.1. The van der Waals surface area contributed by atoms with Crippen LogP contribution in [0.15, 0.2) is 97.1 Å². The Morgan fingerprint density at radius 3 is 1.87 bits per heavy atom. The molecule has 0 saturated heterocycles. The van der Waals surface area contributed by atoms with E-state index in [4.69, 9.17) is 0 Å². The summed E-state index contributed by atoms with van der Waals surface area (Å²) in [6.07, 6.45) is 15.4. The number of benzene rings is 2. The monoisotopic (exact) mass is 602 g/mol. The van der Waals surface area contributed by atoms with Crippen LogP contribution < -0.4 is 0 Å². The van der Waals surface area contributed by atoms with Crippen LogP contribution in [0, 0.1) is 6.08 Å². The number of halogens is 2. The molecule has 0 nitrogen and oxygen atoms in total. The molecular weight excluding hydrogens is 574 g/mol. The summed E-state index contributed by atoms with van der Waals surface area (Å²) < 4.78 is 1.46. The number of aryl methyl sites for hydroxylation is 2. The minimum absolute atomic E-state index is 0. The summed E-state index contributed by atoms with van der Waals surface area (Å²) in [7, 11) is 0. The van der Waals surface area contributed by atoms with Gasteiger partial charge in [0.2, 0.25) is 0 Å². The van der Waals surface area contributed by atoms with E-state index in [0.29, 0.717) is 0 Å². The van der Waals surface area contributed by atoms with Crippen LogP contribution in [0.25, 0.3) is 0 Å². The predicted molar refractivity (Wildman–Crippen MR) is 131 cm³/mol. The summed E-state index contributed by atoms with van der Waals surface area (Å²) in [6, 6.07) is 27.9. The molecule has 0 spiro atoms. The van der Waals surface area contributed by atoms with Crippen LogP contribution in [0.2, 0.25) is 0 Å². The largest absolute Gasteiger partial charge is 0.210 e. The van der Waals surface area contributed by atoms with Gasteiger partial charge in [-0.3, -0.25) is 6.08 Å². The van der Waals surface area contributed by atoms with Crippen LogP contribution in [0.1, 0.15) is 41.5 Å². The summed E-state index contributed by atoms with van der Waals surface area (Å²) >= 11 is 1.08. The maximum Gasteiger partial charge on any atom is -0.0512 e. The second kappa shape index (κ2) is 15.4. The van der Waals surface area contributed by atoms with E-state index in [1.165, 1.54) is 40.1 Å². The van der Waals surface area contributed by atoms with E-state index in [1.807, 2.05) is 12.2 Å².